The highest BCUT2D eigenvalue weighted by Crippen LogP contribution is 2.29. The lowest BCUT2D eigenvalue weighted by molar-refractivity contribution is 0.102. The van der Waals surface area contributed by atoms with Gasteiger partial charge in [0, 0.05) is 18.7 Å². The summed E-state index contributed by atoms with van der Waals surface area (Å²) in [6.45, 7) is 5.23. The molecule has 10 heteroatoms. The molecule has 1 aliphatic heterocycles. The van der Waals surface area contributed by atoms with Gasteiger partial charge in [0.25, 0.3) is 5.91 Å². The first kappa shape index (κ1) is 22.8. The smallest absolute Gasteiger partial charge is 0.259 e. The van der Waals surface area contributed by atoms with E-state index in [-0.39, 0.29) is 15.5 Å². The van der Waals surface area contributed by atoms with Crippen LogP contribution in [0, 0.1) is 0 Å². The molecule has 0 spiro atoms. The Labute approximate surface area is 196 Å². The first-order valence-electron chi connectivity index (χ1n) is 10.3. The highest BCUT2D eigenvalue weighted by Gasteiger charge is 2.28. The maximum atomic E-state index is 12.8. The van der Waals surface area contributed by atoms with E-state index in [0.29, 0.717) is 29.1 Å². The van der Waals surface area contributed by atoms with Gasteiger partial charge in [0.05, 0.1) is 15.5 Å². The molecule has 0 bridgehead atoms. The van der Waals surface area contributed by atoms with Crippen LogP contribution in [0.2, 0.25) is 5.02 Å². The molecule has 168 valence electrons. The quantitative estimate of drug-likeness (QED) is 0.523. The van der Waals surface area contributed by atoms with Gasteiger partial charge in [-0.15, -0.1) is 10.2 Å². The van der Waals surface area contributed by atoms with Gasteiger partial charge in [-0.3, -0.25) is 10.1 Å². The van der Waals surface area contributed by atoms with Crippen molar-refractivity contribution in [2.24, 2.45) is 0 Å². The molecule has 1 saturated heterocycles. The minimum atomic E-state index is -3.66. The van der Waals surface area contributed by atoms with Crippen LogP contribution in [0.25, 0.3) is 10.6 Å². The zero-order chi connectivity index (χ0) is 22.9. The molecule has 32 heavy (non-hydrogen) atoms. The van der Waals surface area contributed by atoms with Crippen molar-refractivity contribution in [3.63, 3.8) is 0 Å². The molecule has 1 aromatic heterocycles. The van der Waals surface area contributed by atoms with E-state index < -0.39 is 15.9 Å². The minimum absolute atomic E-state index is 0.0529. The van der Waals surface area contributed by atoms with Gasteiger partial charge in [-0.25, -0.2) is 8.42 Å². The maximum absolute atomic E-state index is 12.8. The second-order valence-electron chi connectivity index (χ2n) is 7.90. The molecule has 1 amide bonds. The zero-order valence-corrected chi connectivity index (χ0v) is 20.1. The van der Waals surface area contributed by atoms with E-state index in [4.69, 9.17) is 11.6 Å². The average Bonchev–Trinajstić information content (AvgIpc) is 3.47. The van der Waals surface area contributed by atoms with Crippen LogP contribution in [0.5, 0.6) is 0 Å². The van der Waals surface area contributed by atoms with Crippen LogP contribution in [0.1, 0.15) is 48.5 Å². The van der Waals surface area contributed by atoms with Crippen molar-refractivity contribution in [2.45, 2.75) is 37.5 Å². The number of nitrogens with one attached hydrogen (secondary N) is 1. The van der Waals surface area contributed by atoms with Crippen LogP contribution in [0.4, 0.5) is 5.13 Å². The fraction of sp³-hybridized carbons (Fsp3) is 0.318. The molecule has 0 radical (unpaired) electrons. The van der Waals surface area contributed by atoms with E-state index in [0.717, 1.165) is 18.4 Å². The summed E-state index contributed by atoms with van der Waals surface area (Å²) in [7, 11) is -3.66. The number of hydrogen-bond donors (Lipinski definition) is 1. The van der Waals surface area contributed by atoms with Crippen molar-refractivity contribution in [1.82, 2.24) is 14.5 Å². The first-order valence-corrected chi connectivity index (χ1v) is 12.9. The Morgan fingerprint density at radius 1 is 1.09 bits per heavy atom. The van der Waals surface area contributed by atoms with Gasteiger partial charge < -0.3 is 0 Å². The number of carbonyl (C=O) groups excluding carboxylic acids is 1. The summed E-state index contributed by atoms with van der Waals surface area (Å²) in [5.41, 5.74) is 2.21. The minimum Gasteiger partial charge on any atom is -0.296 e. The van der Waals surface area contributed by atoms with Crippen molar-refractivity contribution in [3.05, 3.63) is 58.6 Å². The molecule has 7 nitrogen and oxygen atoms in total. The van der Waals surface area contributed by atoms with Crippen LogP contribution in [-0.4, -0.2) is 41.9 Å². The van der Waals surface area contributed by atoms with Crippen molar-refractivity contribution in [1.29, 1.82) is 0 Å². The van der Waals surface area contributed by atoms with Gasteiger partial charge in [0.1, 0.15) is 5.01 Å². The number of sulfonamides is 1. The summed E-state index contributed by atoms with van der Waals surface area (Å²) in [5.74, 6) is -0.102. The largest absolute Gasteiger partial charge is 0.296 e. The molecule has 2 heterocycles. The molecule has 1 fully saturated rings. The second-order valence-corrected chi connectivity index (χ2v) is 11.2. The topological polar surface area (TPSA) is 92.3 Å². The molecule has 1 N–H and O–H groups in total. The Kier molecular flexibility index (Phi) is 6.62. The third-order valence-electron chi connectivity index (χ3n) is 5.36. The molecule has 4 rings (SSSR count). The lowest BCUT2D eigenvalue weighted by Crippen LogP contribution is -2.28. The van der Waals surface area contributed by atoms with Crippen LogP contribution in [0.15, 0.2) is 47.4 Å². The number of anilines is 1. The Balaban J connectivity index is 1.53. The summed E-state index contributed by atoms with van der Waals surface area (Å²) in [6, 6.07) is 12.2. The SMILES string of the molecule is CC(C)c1ccc(-c2nnc(NC(=O)c3cc(S(=O)(=O)N4CCCC4)ccc3Cl)s2)cc1. The van der Waals surface area contributed by atoms with Crippen LogP contribution in [0.3, 0.4) is 0 Å². The van der Waals surface area contributed by atoms with Gasteiger partial charge >= 0.3 is 0 Å². The van der Waals surface area contributed by atoms with Crippen molar-refractivity contribution < 1.29 is 13.2 Å². The summed E-state index contributed by atoms with van der Waals surface area (Å²) >= 11 is 7.44. The summed E-state index contributed by atoms with van der Waals surface area (Å²) in [6.07, 6.45) is 1.67. The number of benzene rings is 2. The molecule has 0 aliphatic carbocycles. The van der Waals surface area contributed by atoms with Crippen molar-refractivity contribution in [3.8, 4) is 10.6 Å². The van der Waals surface area contributed by atoms with E-state index in [2.05, 4.69) is 29.4 Å². The number of halogens is 1. The monoisotopic (exact) mass is 490 g/mol. The van der Waals surface area contributed by atoms with Crippen molar-refractivity contribution >= 4 is 44.0 Å². The highest BCUT2D eigenvalue weighted by molar-refractivity contribution is 7.89. The van der Waals surface area contributed by atoms with E-state index in [1.165, 1.54) is 39.4 Å². The number of hydrogen-bond acceptors (Lipinski definition) is 6. The fourth-order valence-electron chi connectivity index (χ4n) is 3.48. The normalized spacial score (nSPS) is 14.8. The van der Waals surface area contributed by atoms with E-state index in [1.807, 2.05) is 24.3 Å². The predicted molar refractivity (Wildman–Crippen MR) is 127 cm³/mol. The highest BCUT2D eigenvalue weighted by atomic mass is 35.5. The van der Waals surface area contributed by atoms with Crippen LogP contribution < -0.4 is 5.32 Å². The van der Waals surface area contributed by atoms with Gasteiger partial charge in [0.15, 0.2) is 0 Å². The van der Waals surface area contributed by atoms with Crippen LogP contribution >= 0.6 is 22.9 Å². The number of carbonyl (C=O) groups is 1. The fourth-order valence-corrected chi connectivity index (χ4v) is 5.97. The molecule has 0 atom stereocenters. The van der Waals surface area contributed by atoms with E-state index in [1.54, 1.807) is 0 Å². The standard InChI is InChI=1S/C22H23ClN4O3S2/c1-14(2)15-5-7-16(8-6-15)21-25-26-22(31-21)24-20(28)18-13-17(9-10-19(18)23)32(29,30)27-11-3-4-12-27/h5-10,13-14H,3-4,11-12H2,1-2H3,(H,24,26,28). The Morgan fingerprint density at radius 2 is 1.78 bits per heavy atom. The second kappa shape index (κ2) is 9.27. The van der Waals surface area contributed by atoms with Gasteiger partial charge in [0.2, 0.25) is 15.2 Å². The summed E-state index contributed by atoms with van der Waals surface area (Å²) in [5, 5.41) is 12.0. The molecule has 1 aliphatic rings. The number of rotatable bonds is 6. The number of nitrogens with zero attached hydrogens (tertiary/aromatic N) is 3. The summed E-state index contributed by atoms with van der Waals surface area (Å²) in [4.78, 5) is 12.9. The molecule has 0 saturated carbocycles. The molecular formula is C22H23ClN4O3S2. The maximum Gasteiger partial charge on any atom is 0.259 e. The lowest BCUT2D eigenvalue weighted by Gasteiger charge is -2.16. The lowest BCUT2D eigenvalue weighted by atomic mass is 10.0. The predicted octanol–water partition coefficient (Wildman–Crippen LogP) is 5.02. The number of amides is 1. The third kappa shape index (κ3) is 4.71. The molecule has 2 aromatic carbocycles. The Bertz CT molecular complexity index is 1230. The van der Waals surface area contributed by atoms with E-state index in [9.17, 15) is 13.2 Å². The van der Waals surface area contributed by atoms with Gasteiger partial charge in [-0.1, -0.05) is 61.1 Å². The van der Waals surface area contributed by atoms with Crippen molar-refractivity contribution in [2.75, 3.05) is 18.4 Å². The van der Waals surface area contributed by atoms with Gasteiger partial charge in [-0.2, -0.15) is 4.31 Å². The average molecular weight is 491 g/mol. The number of aromatic nitrogens is 2. The zero-order valence-electron chi connectivity index (χ0n) is 17.7. The Hall–Kier alpha value is -2.33. The van der Waals surface area contributed by atoms with Crippen LogP contribution in [-0.2, 0) is 10.0 Å². The van der Waals surface area contributed by atoms with Gasteiger partial charge in [-0.05, 0) is 42.5 Å². The molecular weight excluding hydrogens is 468 g/mol. The molecule has 0 unspecified atom stereocenters. The molecule has 3 aromatic rings. The van der Waals surface area contributed by atoms with E-state index >= 15 is 0 Å². The summed E-state index contributed by atoms with van der Waals surface area (Å²) < 4.78 is 27.1. The Morgan fingerprint density at radius 3 is 2.44 bits per heavy atom. The third-order valence-corrected chi connectivity index (χ3v) is 8.47. The first-order chi connectivity index (χ1) is 15.3.